The first-order chi connectivity index (χ1) is 11.8. The molecular formula is C17H16FN3O4. The van der Waals surface area contributed by atoms with Crippen LogP contribution in [0.2, 0.25) is 0 Å². The van der Waals surface area contributed by atoms with Crippen molar-refractivity contribution in [3.8, 4) is 0 Å². The van der Waals surface area contributed by atoms with Gasteiger partial charge in [-0.15, -0.1) is 0 Å². The number of furan rings is 1. The smallest absolute Gasteiger partial charge is 0.325 e. The van der Waals surface area contributed by atoms with Crippen LogP contribution in [0.15, 0.2) is 40.8 Å². The topological polar surface area (TPSA) is 91.7 Å². The van der Waals surface area contributed by atoms with Crippen molar-refractivity contribution in [3.05, 3.63) is 53.7 Å². The fourth-order valence-electron chi connectivity index (χ4n) is 2.62. The number of carbonyl (C=O) groups excluding carboxylic acids is 3. The minimum absolute atomic E-state index is 0.237. The SMILES string of the molecule is Cc1ccc([C@]2(C)NC(=O)N(CC(=O)Nc3cccc(F)c3)C2=O)o1. The van der Waals surface area contributed by atoms with E-state index >= 15 is 0 Å². The number of imide groups is 1. The highest BCUT2D eigenvalue weighted by Gasteiger charge is 2.51. The van der Waals surface area contributed by atoms with Crippen molar-refractivity contribution in [1.29, 1.82) is 0 Å². The number of carbonyl (C=O) groups is 3. The fourth-order valence-corrected chi connectivity index (χ4v) is 2.62. The molecular weight excluding hydrogens is 329 g/mol. The van der Waals surface area contributed by atoms with Gasteiger partial charge in [0.2, 0.25) is 5.91 Å². The monoisotopic (exact) mass is 345 g/mol. The first-order valence-electron chi connectivity index (χ1n) is 7.56. The maximum absolute atomic E-state index is 13.1. The van der Waals surface area contributed by atoms with Crippen LogP contribution in [0, 0.1) is 12.7 Å². The molecule has 2 heterocycles. The van der Waals surface area contributed by atoms with Gasteiger partial charge in [-0.2, -0.15) is 0 Å². The molecule has 0 aliphatic carbocycles. The maximum atomic E-state index is 13.1. The van der Waals surface area contributed by atoms with Crippen LogP contribution >= 0.6 is 0 Å². The molecule has 0 spiro atoms. The van der Waals surface area contributed by atoms with Gasteiger partial charge in [-0.05, 0) is 44.2 Å². The van der Waals surface area contributed by atoms with Gasteiger partial charge in [0.05, 0.1) is 0 Å². The molecule has 2 N–H and O–H groups in total. The Balaban J connectivity index is 1.73. The van der Waals surface area contributed by atoms with E-state index in [2.05, 4.69) is 10.6 Å². The third-order valence-electron chi connectivity index (χ3n) is 3.92. The predicted octanol–water partition coefficient (Wildman–Crippen LogP) is 2.13. The van der Waals surface area contributed by atoms with E-state index < -0.39 is 35.7 Å². The van der Waals surface area contributed by atoms with E-state index in [9.17, 15) is 18.8 Å². The van der Waals surface area contributed by atoms with Crippen LogP contribution in [-0.4, -0.2) is 29.3 Å². The average molecular weight is 345 g/mol. The number of amides is 4. The molecule has 1 aliphatic rings. The zero-order valence-electron chi connectivity index (χ0n) is 13.6. The highest BCUT2D eigenvalue weighted by Crippen LogP contribution is 2.30. The molecule has 1 aromatic carbocycles. The molecule has 4 amide bonds. The Morgan fingerprint density at radius 2 is 2.08 bits per heavy atom. The summed E-state index contributed by atoms with van der Waals surface area (Å²) >= 11 is 0. The van der Waals surface area contributed by atoms with Crippen LogP contribution < -0.4 is 10.6 Å². The number of urea groups is 1. The highest BCUT2D eigenvalue weighted by molar-refractivity contribution is 6.10. The van der Waals surface area contributed by atoms with Crippen molar-refractivity contribution in [2.45, 2.75) is 19.4 Å². The molecule has 25 heavy (non-hydrogen) atoms. The number of rotatable bonds is 4. The summed E-state index contributed by atoms with van der Waals surface area (Å²) < 4.78 is 18.6. The molecule has 1 aliphatic heterocycles. The van der Waals surface area contributed by atoms with Gasteiger partial charge in [0, 0.05) is 5.69 Å². The third-order valence-corrected chi connectivity index (χ3v) is 3.92. The Morgan fingerprint density at radius 1 is 1.32 bits per heavy atom. The molecule has 0 saturated carbocycles. The largest absolute Gasteiger partial charge is 0.463 e. The number of nitrogens with one attached hydrogen (secondary N) is 2. The first-order valence-corrected chi connectivity index (χ1v) is 7.56. The van der Waals surface area contributed by atoms with Gasteiger partial charge in [-0.3, -0.25) is 14.5 Å². The second-order valence-electron chi connectivity index (χ2n) is 5.92. The van der Waals surface area contributed by atoms with Crippen LogP contribution in [0.1, 0.15) is 18.4 Å². The maximum Gasteiger partial charge on any atom is 0.325 e. The normalized spacial score (nSPS) is 19.9. The van der Waals surface area contributed by atoms with Crippen LogP contribution in [-0.2, 0) is 15.1 Å². The third kappa shape index (κ3) is 3.10. The molecule has 8 heteroatoms. The minimum Gasteiger partial charge on any atom is -0.463 e. The summed E-state index contributed by atoms with van der Waals surface area (Å²) in [5, 5.41) is 4.99. The summed E-state index contributed by atoms with van der Waals surface area (Å²) in [7, 11) is 0. The molecule has 1 aromatic heterocycles. The van der Waals surface area contributed by atoms with E-state index in [1.807, 2.05) is 0 Å². The Bertz CT molecular complexity index is 863. The van der Waals surface area contributed by atoms with E-state index in [0.29, 0.717) is 5.76 Å². The standard InChI is InChI=1S/C17H16FN3O4/c1-10-6-7-13(25-10)17(2)15(23)21(16(24)20-17)9-14(22)19-12-5-3-4-11(18)8-12/h3-8H,9H2,1-2H3,(H,19,22)(H,20,24)/t17-/m0/s1. The van der Waals surface area contributed by atoms with Gasteiger partial charge in [-0.1, -0.05) is 6.07 Å². The molecule has 1 fully saturated rings. The van der Waals surface area contributed by atoms with Crippen molar-refractivity contribution in [3.63, 3.8) is 0 Å². The van der Waals surface area contributed by atoms with Crippen molar-refractivity contribution in [1.82, 2.24) is 10.2 Å². The molecule has 0 unspecified atom stereocenters. The fraction of sp³-hybridized carbons (Fsp3) is 0.235. The van der Waals surface area contributed by atoms with Crippen molar-refractivity contribution >= 4 is 23.5 Å². The van der Waals surface area contributed by atoms with Crippen LogP contribution in [0.25, 0.3) is 0 Å². The summed E-state index contributed by atoms with van der Waals surface area (Å²) in [6.07, 6.45) is 0. The molecule has 130 valence electrons. The van der Waals surface area contributed by atoms with E-state index in [1.165, 1.54) is 25.1 Å². The molecule has 1 atom stereocenters. The van der Waals surface area contributed by atoms with Crippen molar-refractivity contribution < 1.29 is 23.2 Å². The molecule has 0 radical (unpaired) electrons. The van der Waals surface area contributed by atoms with Crippen LogP contribution in [0.4, 0.5) is 14.9 Å². The highest BCUT2D eigenvalue weighted by atomic mass is 19.1. The Labute approximate surface area is 142 Å². The molecule has 7 nitrogen and oxygen atoms in total. The summed E-state index contributed by atoms with van der Waals surface area (Å²) in [6.45, 7) is 2.74. The lowest BCUT2D eigenvalue weighted by Crippen LogP contribution is -2.41. The van der Waals surface area contributed by atoms with Gasteiger partial charge < -0.3 is 15.1 Å². The molecule has 2 aromatic rings. The van der Waals surface area contributed by atoms with Crippen molar-refractivity contribution in [2.75, 3.05) is 11.9 Å². The molecule has 0 bridgehead atoms. The van der Waals surface area contributed by atoms with Crippen LogP contribution in [0.5, 0.6) is 0 Å². The Morgan fingerprint density at radius 3 is 2.72 bits per heavy atom. The Hall–Kier alpha value is -3.16. The summed E-state index contributed by atoms with van der Waals surface area (Å²) in [6, 6.07) is 7.90. The molecule has 3 rings (SSSR count). The zero-order chi connectivity index (χ0) is 18.2. The number of aryl methyl sites for hydroxylation is 1. The number of hydrogen-bond donors (Lipinski definition) is 2. The van der Waals surface area contributed by atoms with E-state index in [1.54, 1.807) is 19.1 Å². The quantitative estimate of drug-likeness (QED) is 0.831. The van der Waals surface area contributed by atoms with Crippen molar-refractivity contribution in [2.24, 2.45) is 0 Å². The van der Waals surface area contributed by atoms with Gasteiger partial charge in [0.25, 0.3) is 5.91 Å². The number of hydrogen-bond acceptors (Lipinski definition) is 4. The average Bonchev–Trinajstić information content (AvgIpc) is 3.06. The van der Waals surface area contributed by atoms with E-state index in [-0.39, 0.29) is 11.4 Å². The summed E-state index contributed by atoms with van der Waals surface area (Å²) in [4.78, 5) is 37.7. The number of benzene rings is 1. The van der Waals surface area contributed by atoms with Gasteiger partial charge in [0.15, 0.2) is 5.54 Å². The van der Waals surface area contributed by atoms with Gasteiger partial charge >= 0.3 is 6.03 Å². The first kappa shape index (κ1) is 16.7. The number of nitrogens with zero attached hydrogens (tertiary/aromatic N) is 1. The lowest BCUT2D eigenvalue weighted by atomic mass is 9.99. The second-order valence-corrected chi connectivity index (χ2v) is 5.92. The Kier molecular flexibility index (Phi) is 4.03. The van der Waals surface area contributed by atoms with Gasteiger partial charge in [-0.25, -0.2) is 9.18 Å². The number of anilines is 1. The van der Waals surface area contributed by atoms with E-state index in [0.717, 1.165) is 11.0 Å². The van der Waals surface area contributed by atoms with Gasteiger partial charge in [0.1, 0.15) is 23.9 Å². The summed E-state index contributed by atoms with van der Waals surface area (Å²) in [5.74, 6) is -0.833. The predicted molar refractivity (Wildman–Crippen MR) is 86.1 cm³/mol. The van der Waals surface area contributed by atoms with Crippen LogP contribution in [0.3, 0.4) is 0 Å². The molecule has 1 saturated heterocycles. The zero-order valence-corrected chi connectivity index (χ0v) is 13.6. The minimum atomic E-state index is -1.37. The van der Waals surface area contributed by atoms with E-state index in [4.69, 9.17) is 4.42 Å². The lowest BCUT2D eigenvalue weighted by molar-refractivity contribution is -0.134. The number of halogens is 1. The lowest BCUT2D eigenvalue weighted by Gasteiger charge is -2.19. The second kappa shape index (κ2) is 6.04. The summed E-state index contributed by atoms with van der Waals surface area (Å²) in [5.41, 5.74) is -1.13.